The van der Waals surface area contributed by atoms with Crippen molar-refractivity contribution in [2.24, 2.45) is 11.8 Å². The fourth-order valence-electron chi connectivity index (χ4n) is 5.82. The van der Waals surface area contributed by atoms with Gasteiger partial charge in [-0.2, -0.15) is 0 Å². The molecule has 1 aliphatic heterocycles. The average Bonchev–Trinajstić information content (AvgIpc) is 3.17. The molecule has 7 nitrogen and oxygen atoms in total. The third kappa shape index (κ3) is 4.95. The lowest BCUT2D eigenvalue weighted by Crippen LogP contribution is -2.38. The summed E-state index contributed by atoms with van der Waals surface area (Å²) in [6.07, 6.45) is 8.85. The molecule has 0 aromatic heterocycles. The fraction of sp³-hybridized carbons (Fsp3) is 0.400. The zero-order valence-corrected chi connectivity index (χ0v) is 21.4. The maximum Gasteiger partial charge on any atom is 0.255 e. The van der Waals surface area contributed by atoms with Gasteiger partial charge in [-0.1, -0.05) is 37.0 Å². The number of hydrogen-bond donors (Lipinski definition) is 1. The number of anilines is 2. The van der Waals surface area contributed by atoms with Crippen molar-refractivity contribution in [3.63, 3.8) is 0 Å². The van der Waals surface area contributed by atoms with Gasteiger partial charge in [0.15, 0.2) is 0 Å². The van der Waals surface area contributed by atoms with Gasteiger partial charge in [-0.05, 0) is 75.1 Å². The SMILES string of the molecule is CC1=CC[C@@H]2C(=O)N(c3cccc(C(=O)Nc4ccc(C(=O)N(C)C5CCCCC5)cc4)c3)C(=O)[C@@H]2C1. The van der Waals surface area contributed by atoms with Gasteiger partial charge in [-0.15, -0.1) is 0 Å². The van der Waals surface area contributed by atoms with Crippen LogP contribution in [0, 0.1) is 11.8 Å². The van der Waals surface area contributed by atoms with Crippen molar-refractivity contribution in [3.05, 3.63) is 71.3 Å². The second-order valence-corrected chi connectivity index (χ2v) is 10.5. The maximum absolute atomic E-state index is 13.1. The summed E-state index contributed by atoms with van der Waals surface area (Å²) in [7, 11) is 1.86. The van der Waals surface area contributed by atoms with E-state index in [-0.39, 0.29) is 41.5 Å². The number of carbonyl (C=O) groups is 4. The molecule has 2 aliphatic carbocycles. The number of imide groups is 1. The minimum absolute atomic E-state index is 0.0108. The van der Waals surface area contributed by atoms with E-state index < -0.39 is 0 Å². The summed E-state index contributed by atoms with van der Waals surface area (Å²) in [6, 6.07) is 13.8. The van der Waals surface area contributed by atoms with Crippen LogP contribution in [0.2, 0.25) is 0 Å². The molecule has 3 aliphatic rings. The Hall–Kier alpha value is -3.74. The van der Waals surface area contributed by atoms with Crippen LogP contribution in [0.3, 0.4) is 0 Å². The van der Waals surface area contributed by atoms with Crippen molar-refractivity contribution in [2.45, 2.75) is 57.9 Å². The number of hydrogen-bond acceptors (Lipinski definition) is 4. The smallest absolute Gasteiger partial charge is 0.255 e. The molecule has 4 amide bonds. The molecule has 2 atom stereocenters. The average molecular weight is 500 g/mol. The minimum Gasteiger partial charge on any atom is -0.339 e. The highest BCUT2D eigenvalue weighted by atomic mass is 16.2. The molecule has 0 radical (unpaired) electrons. The van der Waals surface area contributed by atoms with Crippen LogP contribution >= 0.6 is 0 Å². The number of nitrogens with zero attached hydrogens (tertiary/aromatic N) is 2. The molecule has 1 N–H and O–H groups in total. The van der Waals surface area contributed by atoms with Crippen LogP contribution in [0.5, 0.6) is 0 Å². The predicted molar refractivity (Wildman–Crippen MR) is 142 cm³/mol. The van der Waals surface area contributed by atoms with Gasteiger partial charge in [-0.3, -0.25) is 24.1 Å². The molecule has 1 heterocycles. The highest BCUT2D eigenvalue weighted by molar-refractivity contribution is 6.22. The summed E-state index contributed by atoms with van der Waals surface area (Å²) >= 11 is 0. The summed E-state index contributed by atoms with van der Waals surface area (Å²) in [5.41, 5.74) is 3.05. The summed E-state index contributed by atoms with van der Waals surface area (Å²) in [6.45, 7) is 1.99. The molecular formula is C30H33N3O4. The zero-order chi connectivity index (χ0) is 26.1. The van der Waals surface area contributed by atoms with Gasteiger partial charge < -0.3 is 10.2 Å². The molecule has 2 aromatic rings. The maximum atomic E-state index is 13.1. The molecular weight excluding hydrogens is 466 g/mol. The van der Waals surface area contributed by atoms with Gasteiger partial charge in [0.2, 0.25) is 11.8 Å². The van der Waals surface area contributed by atoms with Crippen molar-refractivity contribution in [2.75, 3.05) is 17.3 Å². The van der Waals surface area contributed by atoms with Gasteiger partial charge in [0, 0.05) is 29.9 Å². The van der Waals surface area contributed by atoms with E-state index in [1.165, 1.54) is 11.3 Å². The van der Waals surface area contributed by atoms with Crippen LogP contribution in [-0.4, -0.2) is 41.6 Å². The lowest BCUT2D eigenvalue weighted by Gasteiger charge is -2.31. The number of nitrogens with one attached hydrogen (secondary N) is 1. The zero-order valence-electron chi connectivity index (χ0n) is 21.4. The molecule has 7 heteroatoms. The van der Waals surface area contributed by atoms with Crippen molar-refractivity contribution in [1.82, 2.24) is 4.90 Å². The van der Waals surface area contributed by atoms with Gasteiger partial charge in [0.25, 0.3) is 11.8 Å². The van der Waals surface area contributed by atoms with E-state index in [0.29, 0.717) is 35.3 Å². The second kappa shape index (κ2) is 10.3. The Bertz CT molecular complexity index is 1260. The van der Waals surface area contributed by atoms with Crippen LogP contribution in [0.4, 0.5) is 11.4 Å². The van der Waals surface area contributed by atoms with Gasteiger partial charge >= 0.3 is 0 Å². The first-order chi connectivity index (χ1) is 17.8. The molecule has 5 rings (SSSR count). The minimum atomic E-state index is -0.353. The second-order valence-electron chi connectivity index (χ2n) is 10.5. The summed E-state index contributed by atoms with van der Waals surface area (Å²) < 4.78 is 0. The van der Waals surface area contributed by atoms with Crippen LogP contribution in [0.25, 0.3) is 0 Å². The Balaban J connectivity index is 1.26. The molecule has 192 valence electrons. The van der Waals surface area contributed by atoms with E-state index in [9.17, 15) is 19.2 Å². The Kier molecular flexibility index (Phi) is 6.96. The standard InChI is InChI=1S/C30H33N3O4/c1-19-11-16-25-26(17-19)30(37)33(29(25)36)24-10-6-7-21(18-24)27(34)31-22-14-12-20(13-15-22)28(35)32(2)23-8-4-3-5-9-23/h6-7,10-15,18,23,25-26H,3-5,8-9,16-17H2,1-2H3,(H,31,34)/t25-,26+/m0/s1. The third-order valence-electron chi connectivity index (χ3n) is 8.02. The fourth-order valence-corrected chi connectivity index (χ4v) is 5.82. The largest absolute Gasteiger partial charge is 0.339 e. The molecule has 1 saturated heterocycles. The van der Waals surface area contributed by atoms with Crippen molar-refractivity contribution in [3.8, 4) is 0 Å². The first-order valence-electron chi connectivity index (χ1n) is 13.2. The summed E-state index contributed by atoms with van der Waals surface area (Å²) in [5.74, 6) is -1.41. The highest BCUT2D eigenvalue weighted by Crippen LogP contribution is 2.39. The number of allylic oxidation sites excluding steroid dienone is 2. The van der Waals surface area contributed by atoms with Gasteiger partial charge in [0.1, 0.15) is 0 Å². The number of rotatable bonds is 5. The van der Waals surface area contributed by atoms with Crippen molar-refractivity contribution in [1.29, 1.82) is 0 Å². The van der Waals surface area contributed by atoms with Gasteiger partial charge in [-0.25, -0.2) is 0 Å². The molecule has 0 bridgehead atoms. The van der Waals surface area contributed by atoms with Gasteiger partial charge in [0.05, 0.1) is 17.5 Å². The normalized spacial score (nSPS) is 21.9. The van der Waals surface area contributed by atoms with E-state index in [1.54, 1.807) is 48.5 Å². The molecule has 2 aromatic carbocycles. The topological polar surface area (TPSA) is 86.8 Å². The van der Waals surface area contributed by atoms with Crippen LogP contribution in [-0.2, 0) is 9.59 Å². The Morgan fingerprint density at radius 3 is 2.35 bits per heavy atom. The van der Waals surface area contributed by atoms with E-state index >= 15 is 0 Å². The number of amides is 4. The lowest BCUT2D eigenvalue weighted by atomic mass is 9.82. The van der Waals surface area contributed by atoms with E-state index in [1.807, 2.05) is 24.9 Å². The summed E-state index contributed by atoms with van der Waals surface area (Å²) in [4.78, 5) is 55.0. The number of carbonyl (C=O) groups excluding carboxylic acids is 4. The predicted octanol–water partition coefficient (Wildman–Crippen LogP) is 5.19. The molecule has 0 unspecified atom stereocenters. The van der Waals surface area contributed by atoms with Crippen molar-refractivity contribution >= 4 is 35.0 Å². The molecule has 2 fully saturated rings. The third-order valence-corrected chi connectivity index (χ3v) is 8.02. The highest BCUT2D eigenvalue weighted by Gasteiger charge is 2.48. The summed E-state index contributed by atoms with van der Waals surface area (Å²) in [5, 5.41) is 2.85. The monoisotopic (exact) mass is 499 g/mol. The molecule has 1 saturated carbocycles. The van der Waals surface area contributed by atoms with E-state index in [0.717, 1.165) is 31.3 Å². The van der Waals surface area contributed by atoms with E-state index in [4.69, 9.17) is 0 Å². The first kappa shape index (κ1) is 24.9. The Morgan fingerprint density at radius 1 is 0.919 bits per heavy atom. The molecule has 0 spiro atoms. The molecule has 37 heavy (non-hydrogen) atoms. The quantitative estimate of drug-likeness (QED) is 0.453. The lowest BCUT2D eigenvalue weighted by molar-refractivity contribution is -0.122. The number of benzene rings is 2. The Labute approximate surface area is 217 Å². The van der Waals surface area contributed by atoms with Crippen LogP contribution < -0.4 is 10.2 Å². The first-order valence-corrected chi connectivity index (χ1v) is 13.2. The van der Waals surface area contributed by atoms with Crippen molar-refractivity contribution < 1.29 is 19.2 Å². The van der Waals surface area contributed by atoms with E-state index in [2.05, 4.69) is 5.32 Å². The Morgan fingerprint density at radius 2 is 1.62 bits per heavy atom. The number of fused-ring (bicyclic) bond motifs is 1. The van der Waals surface area contributed by atoms with Crippen LogP contribution in [0.1, 0.15) is 72.6 Å². The van der Waals surface area contributed by atoms with Crippen LogP contribution in [0.15, 0.2) is 60.2 Å².